The van der Waals surface area contributed by atoms with E-state index in [9.17, 15) is 19.5 Å². The molecule has 9 heteroatoms. The number of rotatable bonds is 3. The molecule has 2 aliphatic carbocycles. The number of benzene rings is 1. The summed E-state index contributed by atoms with van der Waals surface area (Å²) in [6.45, 7) is 10.3. The van der Waals surface area contributed by atoms with Gasteiger partial charge in [-0.05, 0) is 90.0 Å². The van der Waals surface area contributed by atoms with Gasteiger partial charge < -0.3 is 24.4 Å². The third-order valence-corrected chi connectivity index (χ3v) is 9.18. The monoisotopic (exact) mass is 513 g/mol. The van der Waals surface area contributed by atoms with Crippen molar-refractivity contribution in [2.75, 3.05) is 26.7 Å². The zero-order chi connectivity index (χ0) is 27.0. The fourth-order valence-electron chi connectivity index (χ4n) is 7.60. The van der Waals surface area contributed by atoms with Crippen LogP contribution in [-0.2, 0) is 21.4 Å². The van der Waals surface area contributed by atoms with Crippen molar-refractivity contribution < 1.29 is 29.0 Å². The summed E-state index contributed by atoms with van der Waals surface area (Å²) >= 11 is 0. The van der Waals surface area contributed by atoms with Crippen molar-refractivity contribution in [2.24, 2.45) is 0 Å². The molecule has 0 radical (unpaired) electrons. The minimum Gasteiger partial charge on any atom is -0.497 e. The number of urea groups is 1. The molecule has 202 valence electrons. The number of aliphatic hydroxyl groups is 1. The van der Waals surface area contributed by atoms with Crippen LogP contribution in [-0.4, -0.2) is 87.4 Å². The molecule has 2 aliphatic heterocycles. The first kappa shape index (κ1) is 25.8. The summed E-state index contributed by atoms with van der Waals surface area (Å²) in [5.74, 6) is 0.499. The largest absolute Gasteiger partial charge is 0.497 e. The molecule has 9 nitrogen and oxygen atoms in total. The van der Waals surface area contributed by atoms with Gasteiger partial charge in [-0.1, -0.05) is 6.07 Å². The van der Waals surface area contributed by atoms with Crippen molar-refractivity contribution in [3.63, 3.8) is 0 Å². The molecule has 2 heterocycles. The van der Waals surface area contributed by atoms with Crippen molar-refractivity contribution in [3.05, 3.63) is 29.3 Å². The van der Waals surface area contributed by atoms with Gasteiger partial charge in [-0.15, -0.1) is 0 Å². The van der Waals surface area contributed by atoms with Gasteiger partial charge in [0.2, 0.25) is 0 Å². The van der Waals surface area contributed by atoms with Crippen LogP contribution in [0.5, 0.6) is 5.75 Å². The molecule has 4 amide bonds. The Morgan fingerprint density at radius 2 is 1.86 bits per heavy atom. The van der Waals surface area contributed by atoms with E-state index in [4.69, 9.17) is 9.47 Å². The van der Waals surface area contributed by atoms with Gasteiger partial charge in [-0.3, -0.25) is 9.69 Å². The molecule has 2 bridgehead atoms. The fraction of sp³-hybridized carbons (Fsp3) is 0.679. The molecular formula is C28H39N3O6. The van der Waals surface area contributed by atoms with E-state index < -0.39 is 34.3 Å². The SMILES string of the molecule is CCN1C(=O)N(CC)C2(CCC3(O)C4Cc5ccc(OC)cc5C3(CCN4C(=O)OC(C)(C)C)C2)C1=O. The number of hydrogen-bond acceptors (Lipinski definition) is 6. The van der Waals surface area contributed by atoms with E-state index in [0.29, 0.717) is 57.5 Å². The van der Waals surface area contributed by atoms with Crippen molar-refractivity contribution in [2.45, 2.75) is 94.9 Å². The molecule has 1 N–H and O–H groups in total. The highest BCUT2D eigenvalue weighted by molar-refractivity contribution is 6.07. The van der Waals surface area contributed by atoms with Crippen LogP contribution in [0, 0.1) is 0 Å². The second-order valence-corrected chi connectivity index (χ2v) is 12.0. The smallest absolute Gasteiger partial charge is 0.410 e. The Hall–Kier alpha value is -2.81. The Kier molecular flexibility index (Phi) is 5.83. The predicted molar refractivity (Wildman–Crippen MR) is 136 cm³/mol. The summed E-state index contributed by atoms with van der Waals surface area (Å²) in [4.78, 5) is 45.2. The number of likely N-dealkylation sites (tertiary alicyclic amines) is 1. The van der Waals surface area contributed by atoms with E-state index in [2.05, 4.69) is 0 Å². The molecule has 4 unspecified atom stereocenters. The summed E-state index contributed by atoms with van der Waals surface area (Å²) in [7, 11) is 1.61. The molecule has 1 aromatic carbocycles. The van der Waals surface area contributed by atoms with E-state index in [-0.39, 0.29) is 11.9 Å². The summed E-state index contributed by atoms with van der Waals surface area (Å²) in [5, 5.41) is 12.6. The maximum Gasteiger partial charge on any atom is 0.410 e. The second-order valence-electron chi connectivity index (χ2n) is 12.0. The Bertz CT molecular complexity index is 1150. The number of fused-ring (bicyclic) bond motifs is 1. The Morgan fingerprint density at radius 3 is 2.49 bits per heavy atom. The molecule has 1 spiro atoms. The highest BCUT2D eigenvalue weighted by Crippen LogP contribution is 2.62. The summed E-state index contributed by atoms with van der Waals surface area (Å²) in [6, 6.07) is 5.11. The number of imide groups is 1. The van der Waals surface area contributed by atoms with E-state index in [1.807, 2.05) is 52.8 Å². The van der Waals surface area contributed by atoms with E-state index >= 15 is 0 Å². The highest BCUT2D eigenvalue weighted by atomic mass is 16.6. The number of carbonyl (C=O) groups is 3. The van der Waals surface area contributed by atoms with Crippen molar-refractivity contribution in [3.8, 4) is 5.75 Å². The van der Waals surface area contributed by atoms with Gasteiger partial charge in [0.05, 0.1) is 18.8 Å². The molecule has 1 saturated carbocycles. The number of carbonyl (C=O) groups excluding carboxylic acids is 3. The average molecular weight is 514 g/mol. The highest BCUT2D eigenvalue weighted by Gasteiger charge is 2.72. The van der Waals surface area contributed by atoms with Crippen LogP contribution in [0.15, 0.2) is 18.2 Å². The van der Waals surface area contributed by atoms with E-state index in [1.165, 1.54) is 4.90 Å². The van der Waals surface area contributed by atoms with E-state index in [1.54, 1.807) is 16.9 Å². The summed E-state index contributed by atoms with van der Waals surface area (Å²) < 4.78 is 11.3. The lowest BCUT2D eigenvalue weighted by atomic mass is 9.46. The van der Waals surface area contributed by atoms with Crippen LogP contribution in [0.3, 0.4) is 0 Å². The van der Waals surface area contributed by atoms with Crippen LogP contribution in [0.4, 0.5) is 9.59 Å². The lowest BCUT2D eigenvalue weighted by Crippen LogP contribution is -2.77. The molecule has 1 aromatic rings. The van der Waals surface area contributed by atoms with Gasteiger partial charge in [0, 0.05) is 25.0 Å². The molecule has 4 aliphatic rings. The van der Waals surface area contributed by atoms with Crippen LogP contribution < -0.4 is 4.74 Å². The maximum absolute atomic E-state index is 13.9. The third-order valence-electron chi connectivity index (χ3n) is 9.18. The van der Waals surface area contributed by atoms with Crippen LogP contribution in [0.25, 0.3) is 0 Å². The maximum atomic E-state index is 13.9. The van der Waals surface area contributed by atoms with Crippen molar-refractivity contribution in [1.29, 1.82) is 0 Å². The molecular weight excluding hydrogens is 474 g/mol. The zero-order valence-corrected chi connectivity index (χ0v) is 22.8. The van der Waals surface area contributed by atoms with Crippen LogP contribution in [0.1, 0.15) is 71.4 Å². The molecule has 3 fully saturated rings. The third kappa shape index (κ3) is 3.42. The van der Waals surface area contributed by atoms with Gasteiger partial charge in [0.15, 0.2) is 0 Å². The first-order valence-electron chi connectivity index (χ1n) is 13.4. The molecule has 4 atom stereocenters. The molecule has 37 heavy (non-hydrogen) atoms. The van der Waals surface area contributed by atoms with Gasteiger partial charge in [0.1, 0.15) is 16.9 Å². The van der Waals surface area contributed by atoms with E-state index in [0.717, 1.165) is 11.1 Å². The zero-order valence-electron chi connectivity index (χ0n) is 22.8. The first-order chi connectivity index (χ1) is 17.4. The standard InChI is InChI=1S/C28H39N3O6/c1-7-29-22(32)27(31(8-2)23(29)33)11-12-28(35)21-15-18-9-10-19(36-6)16-20(18)26(28,17-27)13-14-30(21)24(34)37-25(3,4)5/h9-10,16,21,35H,7-8,11-15,17H2,1-6H3. The number of nitrogens with zero attached hydrogens (tertiary/aromatic N) is 3. The number of ether oxygens (including phenoxy) is 2. The molecule has 0 aromatic heterocycles. The van der Waals surface area contributed by atoms with Crippen molar-refractivity contribution in [1.82, 2.24) is 14.7 Å². The minimum absolute atomic E-state index is 0.181. The fourth-order valence-corrected chi connectivity index (χ4v) is 7.60. The Labute approximate surface area is 218 Å². The number of hydrogen-bond donors (Lipinski definition) is 1. The quantitative estimate of drug-likeness (QED) is 0.622. The number of piperidine rings is 1. The number of likely N-dealkylation sites (N-methyl/N-ethyl adjacent to an activating group) is 2. The first-order valence-corrected chi connectivity index (χ1v) is 13.4. The average Bonchev–Trinajstić information content (AvgIpc) is 3.02. The van der Waals surface area contributed by atoms with Gasteiger partial charge in [0.25, 0.3) is 5.91 Å². The summed E-state index contributed by atoms with van der Waals surface area (Å²) in [6.07, 6.45) is 1.45. The molecule has 2 saturated heterocycles. The molecule has 5 rings (SSSR count). The number of amides is 4. The summed E-state index contributed by atoms with van der Waals surface area (Å²) in [5.41, 5.74) is -1.82. The number of methoxy groups -OCH3 is 1. The Balaban J connectivity index is 1.66. The van der Waals surface area contributed by atoms with Gasteiger partial charge in [-0.25, -0.2) is 9.59 Å². The van der Waals surface area contributed by atoms with Gasteiger partial charge >= 0.3 is 12.1 Å². The van der Waals surface area contributed by atoms with Crippen LogP contribution >= 0.6 is 0 Å². The second kappa shape index (κ2) is 8.35. The van der Waals surface area contributed by atoms with Gasteiger partial charge in [-0.2, -0.15) is 0 Å². The topological polar surface area (TPSA) is 99.6 Å². The normalized spacial score (nSPS) is 32.9. The van der Waals surface area contributed by atoms with Crippen LogP contribution in [0.2, 0.25) is 0 Å². The predicted octanol–water partition coefficient (Wildman–Crippen LogP) is 3.46. The lowest BCUT2D eigenvalue weighted by Gasteiger charge is -2.66. The Morgan fingerprint density at radius 1 is 1.14 bits per heavy atom. The minimum atomic E-state index is -1.28. The van der Waals surface area contributed by atoms with Crippen molar-refractivity contribution >= 4 is 18.0 Å². The lowest BCUT2D eigenvalue weighted by molar-refractivity contribution is -0.184.